The third-order valence-corrected chi connectivity index (χ3v) is 4.09. The van der Waals surface area contributed by atoms with E-state index in [-0.39, 0.29) is 18.6 Å². The van der Waals surface area contributed by atoms with Crippen molar-refractivity contribution in [1.82, 2.24) is 5.32 Å². The minimum atomic E-state index is -0.510. The van der Waals surface area contributed by atoms with E-state index >= 15 is 0 Å². The van der Waals surface area contributed by atoms with Gasteiger partial charge < -0.3 is 14.8 Å². The van der Waals surface area contributed by atoms with Gasteiger partial charge in [0.25, 0.3) is 0 Å². The molecule has 2 unspecified atom stereocenters. The average Bonchev–Trinajstić information content (AvgIpc) is 2.47. The highest BCUT2D eigenvalue weighted by molar-refractivity contribution is 9.10. The van der Waals surface area contributed by atoms with E-state index in [1.54, 1.807) is 14.0 Å². The Kier molecular flexibility index (Phi) is 6.05. The normalized spacial score (nSPS) is 21.0. The van der Waals surface area contributed by atoms with E-state index < -0.39 is 5.92 Å². The highest BCUT2D eigenvalue weighted by atomic mass is 79.9. The zero-order valence-corrected chi connectivity index (χ0v) is 14.7. The van der Waals surface area contributed by atoms with E-state index in [0.29, 0.717) is 17.4 Å². The molecule has 22 heavy (non-hydrogen) atoms. The fourth-order valence-electron chi connectivity index (χ4n) is 2.29. The lowest BCUT2D eigenvalue weighted by atomic mass is 9.88. The fourth-order valence-corrected chi connectivity index (χ4v) is 2.82. The Morgan fingerprint density at radius 1 is 1.36 bits per heavy atom. The van der Waals surface area contributed by atoms with Crippen LogP contribution in [0.2, 0.25) is 0 Å². The first-order valence-corrected chi connectivity index (χ1v) is 7.99. The molecule has 0 saturated heterocycles. The molecule has 0 amide bonds. The summed E-state index contributed by atoms with van der Waals surface area (Å²) in [5.74, 6) is -0.842. The molecule has 1 N–H and O–H groups in total. The van der Waals surface area contributed by atoms with Gasteiger partial charge in [-0.1, -0.05) is 28.1 Å². The number of hydrogen-bond acceptors (Lipinski definition) is 4. The summed E-state index contributed by atoms with van der Waals surface area (Å²) in [7, 11) is 1.56. The molecule has 0 bridgehead atoms. The molecule has 0 aliphatic carbocycles. The second kappa shape index (κ2) is 7.80. The summed E-state index contributed by atoms with van der Waals surface area (Å²) in [6.45, 7) is 2.38. The lowest BCUT2D eigenvalue weighted by Crippen LogP contribution is -2.44. The molecular weight excluding hydrogens is 368 g/mol. The maximum Gasteiger partial charge on any atom is 0.317 e. The predicted octanol–water partition coefficient (Wildman–Crippen LogP) is 2.65. The molecule has 5 nitrogen and oxygen atoms in total. The first-order valence-electron chi connectivity index (χ1n) is 6.79. The number of ether oxygens (including phenoxy) is 2. The van der Waals surface area contributed by atoms with Crippen molar-refractivity contribution in [1.29, 1.82) is 0 Å². The number of carbonyl (C=O) groups is 1. The quantitative estimate of drug-likeness (QED) is 0.480. The van der Waals surface area contributed by atoms with Crippen LogP contribution in [-0.4, -0.2) is 37.1 Å². The number of esters is 1. The molecule has 1 aliphatic heterocycles. The first-order chi connectivity index (χ1) is 10.5. The van der Waals surface area contributed by atoms with Crippen LogP contribution >= 0.6 is 28.1 Å². The number of nitrogens with zero attached hydrogens (tertiary/aromatic N) is 1. The number of aliphatic imine (C=N–C) groups is 1. The monoisotopic (exact) mass is 384 g/mol. The Bertz CT molecular complexity index is 589. The lowest BCUT2D eigenvalue weighted by molar-refractivity contribution is -0.148. The van der Waals surface area contributed by atoms with Crippen molar-refractivity contribution in [2.75, 3.05) is 20.3 Å². The van der Waals surface area contributed by atoms with Crippen molar-refractivity contribution in [2.24, 2.45) is 10.9 Å². The summed E-state index contributed by atoms with van der Waals surface area (Å²) < 4.78 is 11.1. The molecule has 0 spiro atoms. The molecule has 0 radical (unpaired) electrons. The Hall–Kier alpha value is -1.31. The largest absolute Gasteiger partial charge is 0.463 e. The van der Waals surface area contributed by atoms with Crippen LogP contribution in [0.4, 0.5) is 0 Å². The molecule has 0 aromatic heterocycles. The van der Waals surface area contributed by atoms with Gasteiger partial charge in [0.1, 0.15) is 12.5 Å². The summed E-state index contributed by atoms with van der Waals surface area (Å²) >= 11 is 8.56. The van der Waals surface area contributed by atoms with Gasteiger partial charge in [0.2, 0.25) is 0 Å². The van der Waals surface area contributed by atoms with Gasteiger partial charge in [0, 0.05) is 17.3 Å². The molecular formula is C15H17BrN2O3S. The van der Waals surface area contributed by atoms with Gasteiger partial charge in [-0.05, 0) is 36.8 Å². The Morgan fingerprint density at radius 3 is 2.68 bits per heavy atom. The van der Waals surface area contributed by atoms with Crippen molar-refractivity contribution in [3.63, 3.8) is 0 Å². The minimum absolute atomic E-state index is 0.219. The zero-order valence-electron chi connectivity index (χ0n) is 12.3. The Balaban J connectivity index is 2.24. The summed E-state index contributed by atoms with van der Waals surface area (Å²) in [4.78, 5) is 16.6. The molecule has 2 rings (SSSR count). The van der Waals surface area contributed by atoms with Gasteiger partial charge in [-0.25, -0.2) is 4.99 Å². The smallest absolute Gasteiger partial charge is 0.317 e. The third-order valence-electron chi connectivity index (χ3n) is 3.36. The van der Waals surface area contributed by atoms with Crippen LogP contribution in [-0.2, 0) is 14.3 Å². The van der Waals surface area contributed by atoms with Gasteiger partial charge in [-0.3, -0.25) is 4.79 Å². The van der Waals surface area contributed by atoms with E-state index in [9.17, 15) is 4.79 Å². The molecule has 1 aromatic carbocycles. The number of methoxy groups -OCH3 is 1. The topological polar surface area (TPSA) is 59.9 Å². The van der Waals surface area contributed by atoms with E-state index in [1.807, 2.05) is 24.3 Å². The van der Waals surface area contributed by atoms with E-state index in [4.69, 9.17) is 21.7 Å². The van der Waals surface area contributed by atoms with Crippen LogP contribution in [0.15, 0.2) is 33.7 Å². The molecule has 1 aromatic rings. The highest BCUT2D eigenvalue weighted by Crippen LogP contribution is 2.29. The van der Waals surface area contributed by atoms with Crippen molar-refractivity contribution < 1.29 is 14.3 Å². The van der Waals surface area contributed by atoms with Gasteiger partial charge in [0.15, 0.2) is 5.11 Å². The van der Waals surface area contributed by atoms with Gasteiger partial charge in [0.05, 0.1) is 12.6 Å². The Morgan fingerprint density at radius 2 is 2.05 bits per heavy atom. The molecule has 1 aliphatic rings. The summed E-state index contributed by atoms with van der Waals surface area (Å²) in [5.41, 5.74) is 1.60. The first kappa shape index (κ1) is 17.1. The molecule has 0 saturated carbocycles. The van der Waals surface area contributed by atoms with Crippen molar-refractivity contribution in [3.8, 4) is 0 Å². The minimum Gasteiger partial charge on any atom is -0.463 e. The summed E-state index contributed by atoms with van der Waals surface area (Å²) in [5, 5.41) is 3.48. The lowest BCUT2D eigenvalue weighted by Gasteiger charge is -2.31. The van der Waals surface area contributed by atoms with Gasteiger partial charge >= 0.3 is 5.97 Å². The highest BCUT2D eigenvalue weighted by Gasteiger charge is 2.36. The number of halogens is 1. The number of benzene rings is 1. The number of nitrogens with one attached hydrogen (secondary N) is 1. The van der Waals surface area contributed by atoms with Crippen molar-refractivity contribution in [3.05, 3.63) is 34.3 Å². The van der Waals surface area contributed by atoms with Crippen molar-refractivity contribution in [2.45, 2.75) is 13.0 Å². The molecule has 7 heteroatoms. The zero-order chi connectivity index (χ0) is 16.1. The molecule has 118 valence electrons. The molecule has 2 atom stereocenters. The standard InChI is InChI=1S/C15H17BrN2O3S/c1-9-12(14(19)21-8-7-20-2)13(18-15(22)17-9)10-3-5-11(16)6-4-10/h3-6,12-13H,7-8H2,1-2H3,(H,18,22). The second-order valence-corrected chi connectivity index (χ2v) is 6.17. The summed E-state index contributed by atoms with van der Waals surface area (Å²) in [6, 6.07) is 7.45. The summed E-state index contributed by atoms with van der Waals surface area (Å²) in [6.07, 6.45) is 0. The van der Waals surface area contributed by atoms with Crippen LogP contribution in [0.1, 0.15) is 18.5 Å². The van der Waals surface area contributed by atoms with Crippen LogP contribution in [0, 0.1) is 5.92 Å². The van der Waals surface area contributed by atoms with Crippen LogP contribution < -0.4 is 5.32 Å². The average molecular weight is 385 g/mol. The van der Waals surface area contributed by atoms with Crippen LogP contribution in [0.3, 0.4) is 0 Å². The number of rotatable bonds is 5. The van der Waals surface area contributed by atoms with Crippen molar-refractivity contribution >= 4 is 44.9 Å². The SMILES string of the molecule is COCCOC(=O)C1C(C)=NC(=S)NC1c1ccc(Br)cc1. The maximum atomic E-state index is 12.4. The van der Waals surface area contributed by atoms with Gasteiger partial charge in [-0.2, -0.15) is 0 Å². The van der Waals surface area contributed by atoms with Crippen LogP contribution in [0.5, 0.6) is 0 Å². The molecule has 1 heterocycles. The van der Waals surface area contributed by atoms with Gasteiger partial charge in [-0.15, -0.1) is 0 Å². The van der Waals surface area contributed by atoms with Crippen LogP contribution in [0.25, 0.3) is 0 Å². The third kappa shape index (κ3) is 4.12. The fraction of sp³-hybridized carbons (Fsp3) is 0.400. The van der Waals surface area contributed by atoms with E-state index in [1.165, 1.54) is 0 Å². The Labute approximate surface area is 143 Å². The number of hydrogen-bond donors (Lipinski definition) is 1. The number of thiocarbonyl (C=S) groups is 1. The maximum absolute atomic E-state index is 12.4. The number of carbonyl (C=O) groups excluding carboxylic acids is 1. The second-order valence-electron chi connectivity index (χ2n) is 4.87. The molecule has 0 fully saturated rings. The predicted molar refractivity (Wildman–Crippen MR) is 92.1 cm³/mol. The van der Waals surface area contributed by atoms with E-state index in [2.05, 4.69) is 26.2 Å². The van der Waals surface area contributed by atoms with E-state index in [0.717, 1.165) is 10.0 Å².